The van der Waals surface area contributed by atoms with Crippen molar-refractivity contribution in [3.63, 3.8) is 0 Å². The predicted molar refractivity (Wildman–Crippen MR) is 148 cm³/mol. The van der Waals surface area contributed by atoms with E-state index >= 15 is 0 Å². The molecule has 1 aliphatic rings. The summed E-state index contributed by atoms with van der Waals surface area (Å²) in [5.41, 5.74) is 7.19. The lowest BCUT2D eigenvalue weighted by atomic mass is 9.74. The molecule has 1 fully saturated rings. The van der Waals surface area contributed by atoms with Gasteiger partial charge in [0.2, 0.25) is 5.91 Å². The lowest BCUT2D eigenvalue weighted by Gasteiger charge is -2.31. The first-order chi connectivity index (χ1) is 18.0. The van der Waals surface area contributed by atoms with Crippen LogP contribution in [0.2, 0.25) is 0 Å². The van der Waals surface area contributed by atoms with E-state index in [2.05, 4.69) is 22.1 Å². The molecule has 0 radical (unpaired) electrons. The summed E-state index contributed by atoms with van der Waals surface area (Å²) in [5.74, 6) is -1.45. The van der Waals surface area contributed by atoms with Gasteiger partial charge >= 0.3 is 7.12 Å². The van der Waals surface area contributed by atoms with E-state index in [4.69, 9.17) is 5.73 Å². The molecule has 1 saturated heterocycles. The third-order valence-electron chi connectivity index (χ3n) is 7.06. The highest BCUT2D eigenvalue weighted by molar-refractivity contribution is 6.43. The average molecular weight is 541 g/mol. The van der Waals surface area contributed by atoms with Crippen molar-refractivity contribution >= 4 is 24.8 Å². The number of ketones is 1. The van der Waals surface area contributed by atoms with Crippen LogP contribution in [0, 0.1) is 27.9 Å². The summed E-state index contributed by atoms with van der Waals surface area (Å²) in [6.07, 6.45) is 8.14. The van der Waals surface area contributed by atoms with Crippen molar-refractivity contribution < 1.29 is 24.7 Å². The number of aliphatic imine (C=N–C) groups is 1. The Labute approximate surface area is 227 Å². The van der Waals surface area contributed by atoms with Crippen molar-refractivity contribution in [2.75, 3.05) is 26.2 Å². The van der Waals surface area contributed by atoms with Crippen molar-refractivity contribution in [2.45, 2.75) is 97.3 Å². The Kier molecular flexibility index (Phi) is 16.8. The second-order valence-corrected chi connectivity index (χ2v) is 10.9. The zero-order chi connectivity index (χ0) is 28.5. The average Bonchev–Trinajstić information content (AvgIpc) is 2.84. The highest BCUT2D eigenvalue weighted by atomic mass is 16.7. The maximum atomic E-state index is 13.0. The Bertz CT molecular complexity index is 746. The first-order valence-electron chi connectivity index (χ1n) is 14.1. The highest BCUT2D eigenvalue weighted by Gasteiger charge is 2.30. The fourth-order valence-electron chi connectivity index (χ4n) is 4.90. The van der Waals surface area contributed by atoms with Gasteiger partial charge in [0.1, 0.15) is 5.78 Å². The maximum absolute atomic E-state index is 13.0. The summed E-state index contributed by atoms with van der Waals surface area (Å²) in [6, 6.07) is 0. The SMILES string of the molecule is CCCCN1CCC(CCCC(=O)C[C@@H](CCCN=C(N)N[N+](=O)[O-])C(=O)N[C@@H](CC(C)C)B(O)O)CC1. The van der Waals surface area contributed by atoms with E-state index in [1.54, 1.807) is 5.43 Å². The molecule has 6 N–H and O–H groups in total. The van der Waals surface area contributed by atoms with Crippen LogP contribution in [0.4, 0.5) is 0 Å². The monoisotopic (exact) mass is 540 g/mol. The number of carbonyl (C=O) groups is 2. The molecule has 0 aromatic heterocycles. The standard InChI is InChI=1S/C25H49BN6O6/c1-4-5-14-31-15-11-20(12-16-31)8-6-10-22(33)18-21(9-7-13-28-25(27)30-32(37)38)24(34)29-23(26(35)36)17-19(2)3/h19-21,23,35-36H,4-18H2,1-3H3,(H,29,34)(H3,27,28,30)/t21-,23+/m1/s1. The number of Topliss-reactive ketones (excluding diaryl/α,β-unsaturated/α-hetero) is 1. The highest BCUT2D eigenvalue weighted by Crippen LogP contribution is 2.24. The maximum Gasteiger partial charge on any atom is 0.475 e. The van der Waals surface area contributed by atoms with E-state index in [1.807, 2.05) is 13.8 Å². The molecule has 1 rings (SSSR count). The van der Waals surface area contributed by atoms with Crippen molar-refractivity contribution in [3.8, 4) is 0 Å². The molecule has 38 heavy (non-hydrogen) atoms. The smallest absolute Gasteiger partial charge is 0.426 e. The summed E-state index contributed by atoms with van der Waals surface area (Å²) in [7, 11) is -1.70. The molecular weight excluding hydrogens is 491 g/mol. The van der Waals surface area contributed by atoms with E-state index in [9.17, 15) is 29.8 Å². The van der Waals surface area contributed by atoms with Crippen LogP contribution in [0.3, 0.4) is 0 Å². The lowest BCUT2D eigenvalue weighted by molar-refractivity contribution is -0.525. The number of guanidine groups is 1. The van der Waals surface area contributed by atoms with Crippen LogP contribution in [0.15, 0.2) is 4.99 Å². The molecule has 0 aromatic rings. The van der Waals surface area contributed by atoms with Crippen LogP contribution in [-0.4, -0.2) is 76.9 Å². The van der Waals surface area contributed by atoms with Crippen LogP contribution in [0.1, 0.15) is 91.4 Å². The van der Waals surface area contributed by atoms with Crippen LogP contribution in [0.5, 0.6) is 0 Å². The number of amides is 1. The van der Waals surface area contributed by atoms with Gasteiger partial charge in [-0.15, -0.1) is 0 Å². The molecule has 1 heterocycles. The Morgan fingerprint density at radius 1 is 1.21 bits per heavy atom. The van der Waals surface area contributed by atoms with Crippen LogP contribution < -0.4 is 16.5 Å². The topological polar surface area (TPSA) is 183 Å². The molecule has 0 spiro atoms. The molecule has 2 atom stereocenters. The Hall–Kier alpha value is -2.25. The van der Waals surface area contributed by atoms with Crippen molar-refractivity contribution in [1.29, 1.82) is 0 Å². The van der Waals surface area contributed by atoms with E-state index < -0.39 is 29.9 Å². The Morgan fingerprint density at radius 3 is 2.47 bits per heavy atom. The zero-order valence-corrected chi connectivity index (χ0v) is 23.4. The Morgan fingerprint density at radius 2 is 1.89 bits per heavy atom. The number of nitrogens with one attached hydrogen (secondary N) is 2. The second kappa shape index (κ2) is 18.9. The lowest BCUT2D eigenvalue weighted by Crippen LogP contribution is -2.49. The molecule has 12 nitrogen and oxygen atoms in total. The fourth-order valence-corrected chi connectivity index (χ4v) is 4.90. The number of likely N-dealkylation sites (tertiary alicyclic amines) is 1. The number of nitrogens with zero attached hydrogens (tertiary/aromatic N) is 3. The van der Waals surface area contributed by atoms with Gasteiger partial charge in [0.25, 0.3) is 5.96 Å². The second-order valence-electron chi connectivity index (χ2n) is 10.9. The number of hydrogen-bond donors (Lipinski definition) is 5. The van der Waals surface area contributed by atoms with Gasteiger partial charge in [0, 0.05) is 25.3 Å². The number of hydrazine groups is 1. The van der Waals surface area contributed by atoms with Crippen molar-refractivity contribution in [2.24, 2.45) is 28.5 Å². The van der Waals surface area contributed by atoms with Gasteiger partial charge < -0.3 is 26.0 Å². The van der Waals surface area contributed by atoms with E-state index in [1.165, 1.54) is 32.2 Å². The number of hydrogen-bond acceptors (Lipinski definition) is 8. The third-order valence-corrected chi connectivity index (χ3v) is 7.06. The Balaban J connectivity index is 2.61. The van der Waals surface area contributed by atoms with E-state index in [0.29, 0.717) is 31.6 Å². The predicted octanol–water partition coefficient (Wildman–Crippen LogP) is 1.66. The minimum Gasteiger partial charge on any atom is -0.426 e. The fraction of sp³-hybridized carbons (Fsp3) is 0.880. The summed E-state index contributed by atoms with van der Waals surface area (Å²) in [5, 5.41) is 31.7. The number of nitrogens with two attached hydrogens (primary N) is 1. The van der Waals surface area contributed by atoms with Crippen molar-refractivity contribution in [3.05, 3.63) is 10.1 Å². The van der Waals surface area contributed by atoms with Crippen LogP contribution in [-0.2, 0) is 9.59 Å². The molecular formula is C25H49BN6O6. The van der Waals surface area contributed by atoms with Crippen LogP contribution >= 0.6 is 0 Å². The number of carbonyl (C=O) groups excluding carboxylic acids is 2. The quantitative estimate of drug-likeness (QED) is 0.0406. The van der Waals surface area contributed by atoms with E-state index in [-0.39, 0.29) is 30.6 Å². The summed E-state index contributed by atoms with van der Waals surface area (Å²) in [6.45, 7) is 9.61. The minimum atomic E-state index is -1.70. The zero-order valence-electron chi connectivity index (χ0n) is 23.4. The number of unbranched alkanes of at least 4 members (excludes halogenated alkanes) is 1. The first kappa shape index (κ1) is 33.8. The van der Waals surface area contributed by atoms with Gasteiger partial charge in [-0.2, -0.15) is 0 Å². The van der Waals surface area contributed by atoms with Crippen LogP contribution in [0.25, 0.3) is 0 Å². The minimum absolute atomic E-state index is 0.00789. The third kappa shape index (κ3) is 15.2. The van der Waals surface area contributed by atoms with Crippen molar-refractivity contribution in [1.82, 2.24) is 15.6 Å². The molecule has 218 valence electrons. The van der Waals surface area contributed by atoms with Gasteiger partial charge in [-0.1, -0.05) is 32.6 Å². The molecule has 0 aromatic carbocycles. The van der Waals surface area contributed by atoms with E-state index in [0.717, 1.165) is 25.9 Å². The molecule has 1 amide bonds. The molecule has 0 aliphatic carbocycles. The number of piperidine rings is 1. The largest absolute Gasteiger partial charge is 0.475 e. The van der Waals surface area contributed by atoms with Gasteiger partial charge in [0.05, 0.1) is 5.94 Å². The summed E-state index contributed by atoms with van der Waals surface area (Å²) >= 11 is 0. The normalized spacial score (nSPS) is 16.7. The molecule has 1 aliphatic heterocycles. The molecule has 13 heteroatoms. The van der Waals surface area contributed by atoms with Gasteiger partial charge in [-0.05, 0) is 82.8 Å². The van der Waals surface area contributed by atoms with Gasteiger partial charge in [0.15, 0.2) is 5.03 Å². The number of nitro groups is 1. The molecule has 0 bridgehead atoms. The molecule has 0 unspecified atom stereocenters. The van der Waals surface area contributed by atoms with Gasteiger partial charge in [-0.25, -0.2) is 15.1 Å². The summed E-state index contributed by atoms with van der Waals surface area (Å²) in [4.78, 5) is 42.7. The summed E-state index contributed by atoms with van der Waals surface area (Å²) < 4.78 is 0. The van der Waals surface area contributed by atoms with Gasteiger partial charge in [-0.3, -0.25) is 9.59 Å². The number of rotatable bonds is 19. The first-order valence-corrected chi connectivity index (χ1v) is 14.1. The molecule has 0 saturated carbocycles.